The van der Waals surface area contributed by atoms with Crippen molar-refractivity contribution in [2.24, 2.45) is 5.92 Å². The number of aromatic nitrogens is 2. The molecule has 27 heavy (non-hydrogen) atoms. The maximum Gasteiger partial charge on any atom is 0.227 e. The van der Waals surface area contributed by atoms with Gasteiger partial charge in [0.2, 0.25) is 5.95 Å². The predicted octanol–water partition coefficient (Wildman–Crippen LogP) is 5.18. The quantitative estimate of drug-likeness (QED) is 0.644. The van der Waals surface area contributed by atoms with Gasteiger partial charge in [0, 0.05) is 29.1 Å². The summed E-state index contributed by atoms with van der Waals surface area (Å²) in [6.07, 6.45) is 3.78. The van der Waals surface area contributed by atoms with E-state index in [1.54, 1.807) is 18.0 Å². The van der Waals surface area contributed by atoms with Crippen LogP contribution in [0.4, 0.5) is 11.6 Å². The summed E-state index contributed by atoms with van der Waals surface area (Å²) in [4.78, 5) is 23.7. The molecule has 2 heterocycles. The van der Waals surface area contributed by atoms with E-state index in [0.29, 0.717) is 16.9 Å². The Hall–Kier alpha value is -2.05. The van der Waals surface area contributed by atoms with Crippen molar-refractivity contribution < 1.29 is 4.79 Å². The molecule has 0 bridgehead atoms. The van der Waals surface area contributed by atoms with E-state index in [0.717, 1.165) is 41.2 Å². The fourth-order valence-corrected chi connectivity index (χ4v) is 4.17. The number of hydrogen-bond acceptors (Lipinski definition) is 6. The molecule has 1 aromatic heterocycles. The molecular weight excluding hydrogens is 380 g/mol. The highest BCUT2D eigenvalue weighted by molar-refractivity contribution is 8.09. The first kappa shape index (κ1) is 19.7. The second-order valence-electron chi connectivity index (χ2n) is 6.83. The third-order valence-corrected chi connectivity index (χ3v) is 5.96. The van der Waals surface area contributed by atoms with Crippen molar-refractivity contribution >= 4 is 46.2 Å². The Morgan fingerprint density at radius 3 is 2.70 bits per heavy atom. The Labute approximate surface area is 169 Å². The molecule has 5 nitrogen and oxygen atoms in total. The van der Waals surface area contributed by atoms with Crippen LogP contribution in [0.25, 0.3) is 4.91 Å². The Morgan fingerprint density at radius 1 is 1.30 bits per heavy atom. The number of rotatable bonds is 7. The summed E-state index contributed by atoms with van der Waals surface area (Å²) in [5, 5.41) is 3.68. The average Bonchev–Trinajstić information content (AvgIpc) is 2.98. The monoisotopic (exact) mass is 402 g/mol. The van der Waals surface area contributed by atoms with Crippen LogP contribution in [0.15, 0.2) is 42.2 Å². The molecule has 0 radical (unpaired) electrons. The van der Waals surface area contributed by atoms with Crippen LogP contribution in [0.1, 0.15) is 32.9 Å². The molecule has 2 aromatic rings. The molecule has 0 saturated carbocycles. The number of benzene rings is 1. The molecule has 0 fully saturated rings. The molecule has 0 spiro atoms. The zero-order valence-corrected chi connectivity index (χ0v) is 17.2. The summed E-state index contributed by atoms with van der Waals surface area (Å²) >= 11 is 7.48. The maximum atomic E-state index is 11.6. The minimum atomic E-state index is -0.193. The van der Waals surface area contributed by atoms with Crippen molar-refractivity contribution in [2.45, 2.75) is 32.6 Å². The van der Waals surface area contributed by atoms with Crippen LogP contribution in [0.5, 0.6) is 0 Å². The summed E-state index contributed by atoms with van der Waals surface area (Å²) < 4.78 is 0. The molecule has 1 aliphatic rings. The van der Waals surface area contributed by atoms with Crippen LogP contribution in [-0.4, -0.2) is 33.1 Å². The minimum absolute atomic E-state index is 0.193. The maximum absolute atomic E-state index is 11.6. The van der Waals surface area contributed by atoms with Crippen LogP contribution in [0, 0.1) is 5.92 Å². The zero-order valence-electron chi connectivity index (χ0n) is 15.6. The molecule has 1 aliphatic heterocycles. The molecule has 0 amide bonds. The van der Waals surface area contributed by atoms with Gasteiger partial charge in [-0.05, 0) is 49.6 Å². The highest BCUT2D eigenvalue weighted by Gasteiger charge is 2.31. The van der Waals surface area contributed by atoms with E-state index in [2.05, 4.69) is 41.0 Å². The van der Waals surface area contributed by atoms with Crippen LogP contribution in [0.3, 0.4) is 0 Å². The van der Waals surface area contributed by atoms with Gasteiger partial charge in [0.25, 0.3) is 0 Å². The van der Waals surface area contributed by atoms with Gasteiger partial charge in [0.15, 0.2) is 6.29 Å². The molecule has 1 unspecified atom stereocenters. The molecule has 0 aliphatic carbocycles. The number of hydrogen-bond donors (Lipinski definition) is 1. The van der Waals surface area contributed by atoms with Gasteiger partial charge in [0.05, 0.1) is 10.6 Å². The molecule has 1 aromatic carbocycles. The number of aldehydes is 1. The summed E-state index contributed by atoms with van der Waals surface area (Å²) in [5.41, 5.74) is 2.78. The first-order valence-electron chi connectivity index (χ1n) is 8.93. The average molecular weight is 403 g/mol. The number of allylic oxidation sites excluding steroid dienone is 1. The number of nitrogens with zero attached hydrogens (tertiary/aromatic N) is 3. The highest BCUT2D eigenvalue weighted by Crippen LogP contribution is 2.42. The summed E-state index contributed by atoms with van der Waals surface area (Å²) in [6.45, 7) is 7.31. The lowest BCUT2D eigenvalue weighted by molar-refractivity contribution is -0.109. The third-order valence-electron chi connectivity index (χ3n) is 4.36. The van der Waals surface area contributed by atoms with Crippen LogP contribution in [-0.2, 0) is 4.79 Å². The number of thioether (sulfide) groups is 1. The number of anilines is 2. The van der Waals surface area contributed by atoms with E-state index in [1.807, 2.05) is 30.3 Å². The Kier molecular flexibility index (Phi) is 6.39. The van der Waals surface area contributed by atoms with Crippen LogP contribution >= 0.6 is 23.4 Å². The van der Waals surface area contributed by atoms with Gasteiger partial charge in [-0.15, -0.1) is 0 Å². The molecule has 0 saturated heterocycles. The first-order chi connectivity index (χ1) is 13.0. The van der Waals surface area contributed by atoms with Gasteiger partial charge in [-0.3, -0.25) is 0 Å². The van der Waals surface area contributed by atoms with E-state index in [4.69, 9.17) is 11.6 Å². The van der Waals surface area contributed by atoms with Gasteiger partial charge < -0.3 is 15.0 Å². The standard InChI is InChI=1S/C20H23ClN4OS/c1-13(2)9-11-25-14(3)19(27-18(25)12-26)17-8-10-22-20(24-17)23-16-6-4-15(21)5-7-16/h4-8,10,12-13,18H,9,11H2,1-3H3,(H,22,23,24). The number of nitrogens with one attached hydrogen (secondary N) is 1. The van der Waals surface area contributed by atoms with E-state index >= 15 is 0 Å². The van der Waals surface area contributed by atoms with Crippen molar-refractivity contribution in [1.29, 1.82) is 0 Å². The molecule has 3 rings (SSSR count). The fraction of sp³-hybridized carbons (Fsp3) is 0.350. The Balaban J connectivity index is 1.82. The van der Waals surface area contributed by atoms with E-state index in [-0.39, 0.29) is 5.37 Å². The van der Waals surface area contributed by atoms with Gasteiger partial charge in [-0.2, -0.15) is 0 Å². The third kappa shape index (κ3) is 4.82. The van der Waals surface area contributed by atoms with Crippen molar-refractivity contribution in [3.63, 3.8) is 0 Å². The SMILES string of the molecule is CC1=C(c2ccnc(Nc3ccc(Cl)cc3)n2)SC(C=O)N1CCC(C)C. The van der Waals surface area contributed by atoms with Gasteiger partial charge in [-0.25, -0.2) is 9.97 Å². The van der Waals surface area contributed by atoms with Crippen molar-refractivity contribution in [1.82, 2.24) is 14.9 Å². The molecule has 7 heteroatoms. The number of halogens is 1. The van der Waals surface area contributed by atoms with Crippen LogP contribution in [0.2, 0.25) is 5.02 Å². The van der Waals surface area contributed by atoms with Gasteiger partial charge >= 0.3 is 0 Å². The van der Waals surface area contributed by atoms with Crippen molar-refractivity contribution in [3.8, 4) is 0 Å². The normalized spacial score (nSPS) is 16.9. The number of carbonyl (C=O) groups excluding carboxylic acids is 1. The van der Waals surface area contributed by atoms with Crippen LogP contribution < -0.4 is 5.32 Å². The van der Waals surface area contributed by atoms with Crippen molar-refractivity contribution in [2.75, 3.05) is 11.9 Å². The lowest BCUT2D eigenvalue weighted by atomic mass is 10.1. The van der Waals surface area contributed by atoms with Crippen molar-refractivity contribution in [3.05, 3.63) is 52.9 Å². The van der Waals surface area contributed by atoms with E-state index < -0.39 is 0 Å². The van der Waals surface area contributed by atoms with Gasteiger partial charge in [0.1, 0.15) is 5.37 Å². The zero-order chi connectivity index (χ0) is 19.4. The molecule has 1 atom stereocenters. The highest BCUT2D eigenvalue weighted by atomic mass is 35.5. The summed E-state index contributed by atoms with van der Waals surface area (Å²) in [7, 11) is 0. The first-order valence-corrected chi connectivity index (χ1v) is 10.2. The lowest BCUT2D eigenvalue weighted by Gasteiger charge is -2.24. The predicted molar refractivity (Wildman–Crippen MR) is 113 cm³/mol. The summed E-state index contributed by atoms with van der Waals surface area (Å²) in [6, 6.07) is 9.27. The van der Waals surface area contributed by atoms with Gasteiger partial charge in [-0.1, -0.05) is 37.2 Å². The molecule has 142 valence electrons. The second kappa shape index (κ2) is 8.76. The Bertz CT molecular complexity index is 838. The second-order valence-corrected chi connectivity index (χ2v) is 8.40. The topological polar surface area (TPSA) is 58.1 Å². The smallest absolute Gasteiger partial charge is 0.227 e. The largest absolute Gasteiger partial charge is 0.356 e. The minimum Gasteiger partial charge on any atom is -0.356 e. The molecular formula is C20H23ClN4OS. The number of carbonyl (C=O) groups is 1. The fourth-order valence-electron chi connectivity index (χ4n) is 2.84. The van der Waals surface area contributed by atoms with E-state index in [1.165, 1.54) is 0 Å². The Morgan fingerprint density at radius 2 is 2.04 bits per heavy atom. The van der Waals surface area contributed by atoms with E-state index in [9.17, 15) is 4.79 Å². The summed E-state index contributed by atoms with van der Waals surface area (Å²) in [5.74, 6) is 1.10. The molecule has 1 N–H and O–H groups in total. The lowest BCUT2D eigenvalue weighted by Crippen LogP contribution is -2.30.